The third kappa shape index (κ3) is 7.76. The molecule has 12 heteroatoms. The van der Waals surface area contributed by atoms with Gasteiger partial charge in [0.05, 0.1) is 26.9 Å². The number of ether oxygens (including phenoxy) is 6. The number of likely N-dealkylation sites (N-methyl/N-ethyl adjacent to an activating group) is 1. The van der Waals surface area contributed by atoms with E-state index in [1.54, 1.807) is 24.3 Å². The van der Waals surface area contributed by atoms with Crippen molar-refractivity contribution >= 4 is 23.9 Å². The zero-order valence-electron chi connectivity index (χ0n) is 22.9. The highest BCUT2D eigenvalue weighted by molar-refractivity contribution is 5.91. The molecule has 2 rings (SSSR count). The maximum atomic E-state index is 13.1. The largest absolute Gasteiger partial charge is 0.493 e. The molecule has 0 saturated carbocycles. The molecule has 0 fully saturated rings. The Hall–Kier alpha value is -4.48. The number of nitrogens with one attached hydrogen (secondary N) is 1. The number of carbonyl (C=O) groups excluding carboxylic acids is 4. The molecule has 0 spiro atoms. The van der Waals surface area contributed by atoms with Gasteiger partial charge in [-0.25, -0.2) is 9.59 Å². The van der Waals surface area contributed by atoms with E-state index in [1.165, 1.54) is 52.3 Å². The SMILES string of the molecule is CC[C@@](COC(=O)c1cc(OC)c(OC)c(OC)c1)(c1ccccc1)N(C)C(=O)OCOC(=O)CNC(C)=O. The Morgan fingerprint density at radius 2 is 1.51 bits per heavy atom. The average molecular weight is 547 g/mol. The van der Waals surface area contributed by atoms with Gasteiger partial charge < -0.3 is 33.7 Å². The summed E-state index contributed by atoms with van der Waals surface area (Å²) in [6, 6.07) is 11.9. The Labute approximate surface area is 227 Å². The monoisotopic (exact) mass is 546 g/mol. The van der Waals surface area contributed by atoms with Crippen molar-refractivity contribution in [2.75, 3.05) is 48.3 Å². The molecule has 0 aliphatic carbocycles. The Bertz CT molecular complexity index is 1130. The molecule has 2 amide bonds. The molecule has 0 aliphatic rings. The van der Waals surface area contributed by atoms with E-state index in [2.05, 4.69) is 5.32 Å². The lowest BCUT2D eigenvalue weighted by atomic mass is 9.86. The van der Waals surface area contributed by atoms with Crippen molar-refractivity contribution in [3.8, 4) is 17.2 Å². The van der Waals surface area contributed by atoms with Gasteiger partial charge in [-0.3, -0.25) is 14.5 Å². The van der Waals surface area contributed by atoms with Crippen molar-refractivity contribution in [3.63, 3.8) is 0 Å². The summed E-state index contributed by atoms with van der Waals surface area (Å²) >= 11 is 0. The van der Waals surface area contributed by atoms with E-state index in [0.717, 1.165) is 0 Å². The van der Waals surface area contributed by atoms with Crippen LogP contribution in [-0.4, -0.2) is 77.2 Å². The fourth-order valence-corrected chi connectivity index (χ4v) is 3.80. The van der Waals surface area contributed by atoms with Gasteiger partial charge in [0.2, 0.25) is 18.4 Å². The first-order valence-corrected chi connectivity index (χ1v) is 12.0. The summed E-state index contributed by atoms with van der Waals surface area (Å²) < 4.78 is 31.6. The molecule has 0 bridgehead atoms. The summed E-state index contributed by atoms with van der Waals surface area (Å²) in [4.78, 5) is 50.0. The fourth-order valence-electron chi connectivity index (χ4n) is 3.80. The van der Waals surface area contributed by atoms with Crippen LogP contribution in [0, 0.1) is 0 Å². The number of carbonyl (C=O) groups is 4. The van der Waals surface area contributed by atoms with Crippen molar-refractivity contribution in [1.29, 1.82) is 0 Å². The Balaban J connectivity index is 2.25. The first kappa shape index (κ1) is 30.7. The number of hydrogen-bond donors (Lipinski definition) is 1. The number of esters is 2. The van der Waals surface area contributed by atoms with Gasteiger partial charge in [-0.1, -0.05) is 37.3 Å². The van der Waals surface area contributed by atoms with Gasteiger partial charge in [0.15, 0.2) is 11.5 Å². The second-order valence-corrected chi connectivity index (χ2v) is 8.25. The molecular weight excluding hydrogens is 512 g/mol. The molecule has 0 aromatic heterocycles. The molecular formula is C27H34N2O10. The minimum Gasteiger partial charge on any atom is -0.493 e. The molecule has 212 valence electrons. The van der Waals surface area contributed by atoms with Gasteiger partial charge in [-0.05, 0) is 24.1 Å². The zero-order chi connectivity index (χ0) is 29.0. The van der Waals surface area contributed by atoms with Crippen LogP contribution < -0.4 is 19.5 Å². The van der Waals surface area contributed by atoms with Crippen LogP contribution in [0.3, 0.4) is 0 Å². The smallest absolute Gasteiger partial charge is 0.413 e. The van der Waals surface area contributed by atoms with Crippen molar-refractivity contribution < 1.29 is 47.6 Å². The first-order chi connectivity index (χ1) is 18.6. The van der Waals surface area contributed by atoms with Crippen molar-refractivity contribution in [2.24, 2.45) is 0 Å². The zero-order valence-corrected chi connectivity index (χ0v) is 22.9. The molecule has 0 unspecified atom stereocenters. The molecule has 1 N–H and O–H groups in total. The normalized spacial score (nSPS) is 11.8. The molecule has 39 heavy (non-hydrogen) atoms. The van der Waals surface area contributed by atoms with Crippen molar-refractivity contribution in [1.82, 2.24) is 10.2 Å². The van der Waals surface area contributed by atoms with E-state index in [-0.39, 0.29) is 30.2 Å². The van der Waals surface area contributed by atoms with Crippen LogP contribution in [0.25, 0.3) is 0 Å². The van der Waals surface area contributed by atoms with Crippen LogP contribution in [0.15, 0.2) is 42.5 Å². The highest BCUT2D eigenvalue weighted by atomic mass is 16.7. The second kappa shape index (κ2) is 14.5. The minimum absolute atomic E-state index is 0.152. The summed E-state index contributed by atoms with van der Waals surface area (Å²) in [6.45, 7) is 1.84. The molecule has 2 aromatic carbocycles. The van der Waals surface area contributed by atoms with Gasteiger partial charge in [0, 0.05) is 14.0 Å². The highest BCUT2D eigenvalue weighted by Crippen LogP contribution is 2.39. The quantitative estimate of drug-likeness (QED) is 0.295. The predicted octanol–water partition coefficient (Wildman–Crippen LogP) is 2.88. The van der Waals surface area contributed by atoms with E-state index in [4.69, 9.17) is 28.4 Å². The summed E-state index contributed by atoms with van der Waals surface area (Å²) in [7, 11) is 5.81. The molecule has 0 saturated heterocycles. The van der Waals surface area contributed by atoms with Crippen LogP contribution in [0.2, 0.25) is 0 Å². The molecule has 2 aromatic rings. The summed E-state index contributed by atoms with van der Waals surface area (Å²) in [6.07, 6.45) is -0.482. The predicted molar refractivity (Wildman–Crippen MR) is 139 cm³/mol. The lowest BCUT2D eigenvalue weighted by Crippen LogP contribution is -2.50. The van der Waals surface area contributed by atoms with Crippen LogP contribution >= 0.6 is 0 Å². The standard InChI is InChI=1S/C27H34N2O10/c1-7-27(20-11-9-8-10-12-20,29(3)26(33)39-17-38-23(31)15-28-18(2)30)16-37-25(32)19-13-21(34-4)24(36-6)22(14-19)35-5/h8-14H,7,15-17H2,1-6H3,(H,28,30)/t27-/m1/s1. The minimum atomic E-state index is -1.13. The summed E-state index contributed by atoms with van der Waals surface area (Å²) in [5, 5.41) is 2.29. The van der Waals surface area contributed by atoms with E-state index in [1.807, 2.05) is 13.0 Å². The van der Waals surface area contributed by atoms with E-state index in [9.17, 15) is 19.2 Å². The number of benzene rings is 2. The lowest BCUT2D eigenvalue weighted by Gasteiger charge is -2.40. The maximum Gasteiger partial charge on any atom is 0.413 e. The number of amides is 2. The van der Waals surface area contributed by atoms with Crippen molar-refractivity contribution in [3.05, 3.63) is 53.6 Å². The first-order valence-electron chi connectivity index (χ1n) is 12.0. The van der Waals surface area contributed by atoms with E-state index < -0.39 is 36.3 Å². The molecule has 0 heterocycles. The number of hydrogen-bond acceptors (Lipinski definition) is 10. The molecule has 0 radical (unpaired) electrons. The lowest BCUT2D eigenvalue weighted by molar-refractivity contribution is -0.152. The number of nitrogens with zero attached hydrogens (tertiary/aromatic N) is 1. The maximum absolute atomic E-state index is 13.1. The van der Waals surface area contributed by atoms with Crippen LogP contribution in [0.1, 0.15) is 36.2 Å². The number of rotatable bonds is 13. The second-order valence-electron chi connectivity index (χ2n) is 8.25. The highest BCUT2D eigenvalue weighted by Gasteiger charge is 2.40. The number of methoxy groups -OCH3 is 3. The Morgan fingerprint density at radius 1 is 0.897 bits per heavy atom. The summed E-state index contributed by atoms with van der Waals surface area (Å²) in [5.41, 5.74) is -0.291. The van der Waals surface area contributed by atoms with Gasteiger partial charge in [0.1, 0.15) is 18.7 Å². The molecule has 0 aliphatic heterocycles. The van der Waals surface area contributed by atoms with Gasteiger partial charge in [0.25, 0.3) is 0 Å². The molecule has 1 atom stereocenters. The van der Waals surface area contributed by atoms with Crippen LogP contribution in [-0.2, 0) is 29.3 Å². The summed E-state index contributed by atoms with van der Waals surface area (Å²) in [5.74, 6) is -0.976. The van der Waals surface area contributed by atoms with Gasteiger partial charge in [-0.15, -0.1) is 0 Å². The van der Waals surface area contributed by atoms with Crippen LogP contribution in [0.5, 0.6) is 17.2 Å². The van der Waals surface area contributed by atoms with E-state index >= 15 is 0 Å². The van der Waals surface area contributed by atoms with Crippen molar-refractivity contribution in [2.45, 2.75) is 25.8 Å². The molecule has 12 nitrogen and oxygen atoms in total. The topological polar surface area (TPSA) is 139 Å². The van der Waals surface area contributed by atoms with Crippen LogP contribution in [0.4, 0.5) is 4.79 Å². The average Bonchev–Trinajstić information content (AvgIpc) is 2.95. The third-order valence-corrected chi connectivity index (χ3v) is 6.04. The Kier molecular flexibility index (Phi) is 11.4. The third-order valence-electron chi connectivity index (χ3n) is 6.04. The van der Waals surface area contributed by atoms with Gasteiger partial charge >= 0.3 is 18.0 Å². The fraction of sp³-hybridized carbons (Fsp3) is 0.407. The Morgan fingerprint density at radius 3 is 2.03 bits per heavy atom. The van der Waals surface area contributed by atoms with E-state index in [0.29, 0.717) is 17.7 Å². The van der Waals surface area contributed by atoms with Gasteiger partial charge in [-0.2, -0.15) is 0 Å².